The topological polar surface area (TPSA) is 62.0 Å². The average Bonchev–Trinajstić information content (AvgIpc) is 3.27. The van der Waals surface area contributed by atoms with Crippen LogP contribution in [-0.4, -0.2) is 41.6 Å². The Bertz CT molecular complexity index is 560. The van der Waals surface area contributed by atoms with Crippen molar-refractivity contribution in [2.75, 3.05) is 26.7 Å². The summed E-state index contributed by atoms with van der Waals surface area (Å²) >= 11 is 0. The molecule has 1 saturated carbocycles. The second-order valence-electron chi connectivity index (χ2n) is 6.69. The minimum atomic E-state index is 0.373. The number of rotatable bonds is 5. The van der Waals surface area contributed by atoms with Gasteiger partial charge in [0.15, 0.2) is 0 Å². The Labute approximate surface area is 132 Å². The number of nitriles is 1. The monoisotopic (exact) mass is 300 g/mol. The Kier molecular flexibility index (Phi) is 4.58. The van der Waals surface area contributed by atoms with Gasteiger partial charge in [-0.25, -0.2) is 4.98 Å². The van der Waals surface area contributed by atoms with Gasteiger partial charge in [-0.2, -0.15) is 10.2 Å². The smallest absolute Gasteiger partial charge is 0.217 e. The summed E-state index contributed by atoms with van der Waals surface area (Å²) in [6, 6.07) is 3.66. The van der Waals surface area contributed by atoms with Crippen LogP contribution in [0.3, 0.4) is 0 Å². The third kappa shape index (κ3) is 3.75. The molecule has 1 aromatic rings. The summed E-state index contributed by atoms with van der Waals surface area (Å²) in [6.45, 7) is 4.98. The van der Waals surface area contributed by atoms with Crippen molar-refractivity contribution in [3.8, 4) is 11.9 Å². The molecule has 0 spiro atoms. The lowest BCUT2D eigenvalue weighted by Crippen LogP contribution is -2.31. The zero-order valence-electron chi connectivity index (χ0n) is 13.5. The number of likely N-dealkylation sites (tertiary alicyclic amines) is 1. The lowest BCUT2D eigenvalue weighted by Gasteiger charge is -2.29. The molecule has 2 atom stereocenters. The van der Waals surface area contributed by atoms with Crippen LogP contribution in [-0.2, 0) is 0 Å². The van der Waals surface area contributed by atoms with Crippen LogP contribution in [0.4, 0.5) is 0 Å². The lowest BCUT2D eigenvalue weighted by molar-refractivity contribution is 0.195. The minimum Gasteiger partial charge on any atom is -0.478 e. The fourth-order valence-electron chi connectivity index (χ4n) is 3.62. The summed E-state index contributed by atoms with van der Waals surface area (Å²) in [5.74, 6) is 3.78. The van der Waals surface area contributed by atoms with E-state index in [9.17, 15) is 0 Å². The van der Waals surface area contributed by atoms with Gasteiger partial charge in [-0.05, 0) is 70.5 Å². The molecule has 0 radical (unpaired) electrons. The van der Waals surface area contributed by atoms with Crippen molar-refractivity contribution in [1.82, 2.24) is 14.9 Å². The second-order valence-corrected chi connectivity index (χ2v) is 6.69. The highest BCUT2D eigenvalue weighted by Crippen LogP contribution is 2.49. The maximum Gasteiger partial charge on any atom is 0.217 e. The van der Waals surface area contributed by atoms with E-state index in [1.54, 1.807) is 13.0 Å². The number of nitrogens with zero attached hydrogens (tertiary/aromatic N) is 4. The number of aromatic nitrogens is 2. The highest BCUT2D eigenvalue weighted by Gasteiger charge is 2.42. The van der Waals surface area contributed by atoms with Gasteiger partial charge in [0.25, 0.3) is 0 Å². The summed E-state index contributed by atoms with van der Waals surface area (Å²) < 4.78 is 5.72. The van der Waals surface area contributed by atoms with Crippen molar-refractivity contribution < 1.29 is 4.74 Å². The van der Waals surface area contributed by atoms with E-state index in [0.29, 0.717) is 24.0 Å². The zero-order chi connectivity index (χ0) is 15.5. The predicted octanol–water partition coefficient (Wildman–Crippen LogP) is 2.40. The summed E-state index contributed by atoms with van der Waals surface area (Å²) in [5.41, 5.74) is 0.373. The fourth-order valence-corrected chi connectivity index (χ4v) is 3.62. The van der Waals surface area contributed by atoms with E-state index in [1.165, 1.54) is 32.4 Å². The quantitative estimate of drug-likeness (QED) is 0.835. The molecule has 5 heteroatoms. The van der Waals surface area contributed by atoms with Gasteiger partial charge in [-0.1, -0.05) is 0 Å². The first-order chi connectivity index (χ1) is 10.7. The maximum absolute atomic E-state index is 8.91. The number of ether oxygens (including phenoxy) is 1. The number of piperidine rings is 1. The lowest BCUT2D eigenvalue weighted by atomic mass is 9.91. The Morgan fingerprint density at radius 3 is 2.86 bits per heavy atom. The van der Waals surface area contributed by atoms with Crippen LogP contribution in [0.5, 0.6) is 5.88 Å². The summed E-state index contributed by atoms with van der Waals surface area (Å²) in [6.07, 6.45) is 5.18. The molecule has 5 nitrogen and oxygen atoms in total. The van der Waals surface area contributed by atoms with Gasteiger partial charge < -0.3 is 9.64 Å². The number of hydrogen-bond acceptors (Lipinski definition) is 5. The van der Waals surface area contributed by atoms with Crippen LogP contribution in [0.25, 0.3) is 0 Å². The summed E-state index contributed by atoms with van der Waals surface area (Å²) in [4.78, 5) is 10.7. The summed E-state index contributed by atoms with van der Waals surface area (Å²) in [7, 11) is 2.22. The Morgan fingerprint density at radius 2 is 2.14 bits per heavy atom. The van der Waals surface area contributed by atoms with Crippen molar-refractivity contribution in [3.63, 3.8) is 0 Å². The molecule has 1 saturated heterocycles. The van der Waals surface area contributed by atoms with Gasteiger partial charge >= 0.3 is 0 Å². The highest BCUT2D eigenvalue weighted by atomic mass is 16.5. The van der Waals surface area contributed by atoms with E-state index in [-0.39, 0.29) is 0 Å². The van der Waals surface area contributed by atoms with Crippen LogP contribution in [0.2, 0.25) is 0 Å². The van der Waals surface area contributed by atoms with E-state index in [0.717, 1.165) is 24.2 Å². The van der Waals surface area contributed by atoms with Crippen molar-refractivity contribution in [2.24, 2.45) is 17.8 Å². The van der Waals surface area contributed by atoms with Crippen LogP contribution in [0, 0.1) is 36.0 Å². The minimum absolute atomic E-state index is 0.373. The van der Waals surface area contributed by atoms with Crippen LogP contribution in [0.1, 0.15) is 37.2 Å². The molecule has 22 heavy (non-hydrogen) atoms. The molecule has 118 valence electrons. The molecular formula is C17H24N4O. The van der Waals surface area contributed by atoms with Crippen molar-refractivity contribution >= 4 is 0 Å². The molecule has 2 fully saturated rings. The fraction of sp³-hybridized carbons (Fsp3) is 0.706. The van der Waals surface area contributed by atoms with Crippen LogP contribution >= 0.6 is 0 Å². The second kappa shape index (κ2) is 6.62. The average molecular weight is 300 g/mol. The Balaban J connectivity index is 1.41. The van der Waals surface area contributed by atoms with Crippen molar-refractivity contribution in [3.05, 3.63) is 17.6 Å². The van der Waals surface area contributed by atoms with Gasteiger partial charge in [-0.3, -0.25) is 0 Å². The van der Waals surface area contributed by atoms with E-state index in [1.807, 2.05) is 6.07 Å². The Morgan fingerprint density at radius 1 is 1.36 bits per heavy atom. The molecule has 2 unspecified atom stereocenters. The van der Waals surface area contributed by atoms with Gasteiger partial charge in [-0.15, -0.1) is 0 Å². The Hall–Kier alpha value is -1.67. The first-order valence-corrected chi connectivity index (χ1v) is 8.23. The molecule has 0 amide bonds. The van der Waals surface area contributed by atoms with E-state index < -0.39 is 0 Å². The largest absolute Gasteiger partial charge is 0.478 e. The zero-order valence-corrected chi connectivity index (χ0v) is 13.5. The van der Waals surface area contributed by atoms with Gasteiger partial charge in [0.05, 0.1) is 6.61 Å². The first kappa shape index (κ1) is 15.2. The first-order valence-electron chi connectivity index (χ1n) is 8.23. The molecule has 1 aromatic heterocycles. The SMILES string of the molecule is Cc1nc(C#N)cc(OCCC2CC2C2CCN(C)CC2)n1. The third-order valence-corrected chi connectivity index (χ3v) is 5.01. The number of hydrogen-bond donors (Lipinski definition) is 0. The standard InChI is InChI=1S/C17H24N4O/c1-12-19-15(11-18)10-17(20-12)22-8-5-14-9-16(14)13-3-6-21(2)7-4-13/h10,13-14,16H,3-9H2,1-2H3. The molecule has 3 rings (SSSR count). The van der Waals surface area contributed by atoms with Gasteiger partial charge in [0.1, 0.15) is 17.6 Å². The van der Waals surface area contributed by atoms with Crippen LogP contribution < -0.4 is 4.74 Å². The molecule has 2 heterocycles. The number of aryl methyl sites for hydroxylation is 1. The van der Waals surface area contributed by atoms with Gasteiger partial charge in [0, 0.05) is 6.07 Å². The molecule has 0 bridgehead atoms. The molecule has 1 aliphatic carbocycles. The molecule has 0 aromatic carbocycles. The molecule has 0 N–H and O–H groups in total. The van der Waals surface area contributed by atoms with E-state index in [2.05, 4.69) is 21.9 Å². The van der Waals surface area contributed by atoms with E-state index in [4.69, 9.17) is 10.00 Å². The molecular weight excluding hydrogens is 276 g/mol. The van der Waals surface area contributed by atoms with Gasteiger partial charge in [0.2, 0.25) is 5.88 Å². The van der Waals surface area contributed by atoms with Crippen molar-refractivity contribution in [2.45, 2.75) is 32.6 Å². The van der Waals surface area contributed by atoms with Crippen LogP contribution in [0.15, 0.2) is 6.07 Å². The molecule has 2 aliphatic rings. The molecule has 1 aliphatic heterocycles. The maximum atomic E-state index is 8.91. The predicted molar refractivity (Wildman–Crippen MR) is 83.4 cm³/mol. The highest BCUT2D eigenvalue weighted by molar-refractivity contribution is 5.25. The third-order valence-electron chi connectivity index (χ3n) is 5.01. The van der Waals surface area contributed by atoms with Crippen molar-refractivity contribution in [1.29, 1.82) is 5.26 Å². The normalized spacial score (nSPS) is 25.7. The van der Waals surface area contributed by atoms with E-state index >= 15 is 0 Å². The summed E-state index contributed by atoms with van der Waals surface area (Å²) in [5, 5.41) is 8.91.